The van der Waals surface area contributed by atoms with Gasteiger partial charge in [-0.15, -0.1) is 0 Å². The molecule has 0 unspecified atom stereocenters. The van der Waals surface area contributed by atoms with Crippen molar-refractivity contribution < 1.29 is 9.53 Å². The number of hydrogen-bond acceptors (Lipinski definition) is 5. The summed E-state index contributed by atoms with van der Waals surface area (Å²) < 4.78 is 4.55. The van der Waals surface area contributed by atoms with Crippen LogP contribution in [0.1, 0.15) is 21.1 Å². The molecule has 0 aliphatic carbocycles. The molecule has 1 rings (SSSR count). The van der Waals surface area contributed by atoms with Gasteiger partial charge in [0, 0.05) is 12.2 Å². The van der Waals surface area contributed by atoms with E-state index in [4.69, 9.17) is 0 Å². The summed E-state index contributed by atoms with van der Waals surface area (Å²) in [6.07, 6.45) is 2.19. The van der Waals surface area contributed by atoms with Crippen molar-refractivity contribution in [2.45, 2.75) is 6.42 Å². The Hall–Kier alpha value is -0.990. The molecule has 0 atom stereocenters. The van der Waals surface area contributed by atoms with Crippen molar-refractivity contribution in [3.8, 4) is 11.8 Å². The highest BCUT2D eigenvalue weighted by molar-refractivity contribution is 7.80. The van der Waals surface area contributed by atoms with E-state index in [1.807, 2.05) is 0 Å². The van der Waals surface area contributed by atoms with Crippen molar-refractivity contribution in [3.63, 3.8) is 0 Å². The predicted octanol–water partition coefficient (Wildman–Crippen LogP) is 1.60. The van der Waals surface area contributed by atoms with Gasteiger partial charge in [-0.1, -0.05) is 17.3 Å². The quantitative estimate of drug-likeness (QED) is 0.474. The minimum Gasteiger partial charge on any atom is -0.465 e. The van der Waals surface area contributed by atoms with Crippen LogP contribution in [-0.2, 0) is 4.74 Å². The number of thiazole rings is 1. The molecule has 0 N–H and O–H groups in total. The van der Waals surface area contributed by atoms with E-state index in [0.717, 1.165) is 12.2 Å². The Bertz CT molecular complexity index is 376. The Morgan fingerprint density at radius 2 is 2.57 bits per heavy atom. The van der Waals surface area contributed by atoms with E-state index in [1.54, 1.807) is 0 Å². The molecule has 0 aromatic carbocycles. The van der Waals surface area contributed by atoms with Crippen molar-refractivity contribution in [3.05, 3.63) is 16.1 Å². The molecule has 3 nitrogen and oxygen atoms in total. The maximum absolute atomic E-state index is 11.0. The molecule has 14 heavy (non-hydrogen) atoms. The highest BCUT2D eigenvalue weighted by Gasteiger charge is 2.08. The molecule has 0 amide bonds. The molecule has 1 heterocycles. The van der Waals surface area contributed by atoms with Gasteiger partial charge in [0.15, 0.2) is 5.01 Å². The Kier molecular flexibility index (Phi) is 4.50. The van der Waals surface area contributed by atoms with Gasteiger partial charge in [0.05, 0.1) is 13.3 Å². The number of thiol groups is 1. The zero-order chi connectivity index (χ0) is 10.4. The van der Waals surface area contributed by atoms with Crippen LogP contribution in [0.3, 0.4) is 0 Å². The molecule has 0 fully saturated rings. The van der Waals surface area contributed by atoms with E-state index in [1.165, 1.54) is 24.6 Å². The SMILES string of the molecule is COC(=O)c1cnc(C#CCCS)s1. The van der Waals surface area contributed by atoms with Crippen LogP contribution < -0.4 is 0 Å². The van der Waals surface area contributed by atoms with E-state index >= 15 is 0 Å². The molecule has 0 saturated carbocycles. The maximum Gasteiger partial charge on any atom is 0.349 e. The fourth-order valence-corrected chi connectivity index (χ4v) is 1.54. The highest BCUT2D eigenvalue weighted by atomic mass is 32.1. The van der Waals surface area contributed by atoms with E-state index < -0.39 is 0 Å². The van der Waals surface area contributed by atoms with Crippen LogP contribution in [0.2, 0.25) is 0 Å². The van der Waals surface area contributed by atoms with Gasteiger partial charge in [-0.25, -0.2) is 9.78 Å². The molecule has 0 bridgehead atoms. The number of hydrogen-bond donors (Lipinski definition) is 1. The van der Waals surface area contributed by atoms with Gasteiger partial charge >= 0.3 is 5.97 Å². The van der Waals surface area contributed by atoms with Gasteiger partial charge < -0.3 is 4.74 Å². The number of carbonyl (C=O) groups is 1. The summed E-state index contributed by atoms with van der Waals surface area (Å²) >= 11 is 5.26. The Labute approximate surface area is 91.9 Å². The molecule has 0 spiro atoms. The molecule has 0 aliphatic rings. The fourth-order valence-electron chi connectivity index (χ4n) is 0.721. The molecule has 0 saturated heterocycles. The number of rotatable bonds is 2. The summed E-state index contributed by atoms with van der Waals surface area (Å²) in [6.45, 7) is 0. The summed E-state index contributed by atoms with van der Waals surface area (Å²) in [5, 5.41) is 0.632. The molecule has 74 valence electrons. The highest BCUT2D eigenvalue weighted by Crippen LogP contribution is 2.12. The monoisotopic (exact) mass is 227 g/mol. The number of esters is 1. The molecular formula is C9H9NO2S2. The van der Waals surface area contributed by atoms with Gasteiger partial charge in [0.1, 0.15) is 4.88 Å². The van der Waals surface area contributed by atoms with Crippen LogP contribution in [0, 0.1) is 11.8 Å². The first-order valence-corrected chi connectivity index (χ1v) is 5.36. The molecule has 0 radical (unpaired) electrons. The second-order valence-corrected chi connectivity index (χ2v) is 3.77. The lowest BCUT2D eigenvalue weighted by atomic mass is 10.5. The largest absolute Gasteiger partial charge is 0.465 e. The number of aromatic nitrogens is 1. The zero-order valence-corrected chi connectivity index (χ0v) is 9.32. The van der Waals surface area contributed by atoms with Gasteiger partial charge in [0.25, 0.3) is 0 Å². The third kappa shape index (κ3) is 3.05. The third-order valence-electron chi connectivity index (χ3n) is 1.32. The van der Waals surface area contributed by atoms with Crippen LogP contribution in [0.25, 0.3) is 0 Å². The Morgan fingerprint density at radius 1 is 1.79 bits per heavy atom. The van der Waals surface area contributed by atoms with Gasteiger partial charge in [-0.3, -0.25) is 0 Å². The Balaban J connectivity index is 2.70. The first-order chi connectivity index (χ1) is 6.77. The van der Waals surface area contributed by atoms with E-state index in [2.05, 4.69) is 34.2 Å². The Morgan fingerprint density at radius 3 is 3.21 bits per heavy atom. The summed E-state index contributed by atoms with van der Waals surface area (Å²) in [6, 6.07) is 0. The zero-order valence-electron chi connectivity index (χ0n) is 7.61. The number of carbonyl (C=O) groups excluding carboxylic acids is 1. The number of nitrogens with zero attached hydrogens (tertiary/aromatic N) is 1. The fraction of sp³-hybridized carbons (Fsp3) is 0.333. The van der Waals surface area contributed by atoms with Crippen molar-refractivity contribution in [2.24, 2.45) is 0 Å². The summed E-state index contributed by atoms with van der Waals surface area (Å²) in [5.41, 5.74) is 0. The molecule has 1 aromatic heterocycles. The van der Waals surface area contributed by atoms with Gasteiger partial charge in [-0.05, 0) is 5.92 Å². The van der Waals surface area contributed by atoms with Crippen molar-refractivity contribution in [2.75, 3.05) is 12.9 Å². The van der Waals surface area contributed by atoms with Crippen molar-refractivity contribution >= 4 is 29.9 Å². The average Bonchev–Trinajstić information content (AvgIpc) is 2.66. The topological polar surface area (TPSA) is 39.2 Å². The van der Waals surface area contributed by atoms with E-state index in [9.17, 15) is 4.79 Å². The number of ether oxygens (including phenoxy) is 1. The van der Waals surface area contributed by atoms with Crippen LogP contribution in [0.5, 0.6) is 0 Å². The first-order valence-electron chi connectivity index (χ1n) is 3.92. The van der Waals surface area contributed by atoms with Crippen LogP contribution in [-0.4, -0.2) is 23.8 Å². The standard InChI is InChI=1S/C9H9NO2S2/c1-12-9(11)7-6-10-8(14-7)4-2-3-5-13/h6,13H,3,5H2,1H3. The van der Waals surface area contributed by atoms with E-state index in [-0.39, 0.29) is 5.97 Å². The molecule has 5 heteroatoms. The number of methoxy groups -OCH3 is 1. The average molecular weight is 227 g/mol. The second kappa shape index (κ2) is 5.68. The summed E-state index contributed by atoms with van der Waals surface area (Å²) in [5.74, 6) is 6.09. The lowest BCUT2D eigenvalue weighted by Crippen LogP contribution is -1.96. The van der Waals surface area contributed by atoms with Crippen LogP contribution in [0.4, 0.5) is 0 Å². The molecule has 1 aromatic rings. The second-order valence-electron chi connectivity index (χ2n) is 2.30. The van der Waals surface area contributed by atoms with Gasteiger partial charge in [-0.2, -0.15) is 12.6 Å². The summed E-state index contributed by atoms with van der Waals surface area (Å²) in [4.78, 5) is 15.5. The summed E-state index contributed by atoms with van der Waals surface area (Å²) in [7, 11) is 1.34. The van der Waals surface area contributed by atoms with E-state index in [0.29, 0.717) is 9.88 Å². The molecule has 0 aliphatic heterocycles. The van der Waals surface area contributed by atoms with Crippen molar-refractivity contribution in [1.82, 2.24) is 4.98 Å². The van der Waals surface area contributed by atoms with Crippen LogP contribution >= 0.6 is 24.0 Å². The lowest BCUT2D eigenvalue weighted by Gasteiger charge is -1.89. The first kappa shape index (κ1) is 11.1. The van der Waals surface area contributed by atoms with Crippen LogP contribution in [0.15, 0.2) is 6.20 Å². The van der Waals surface area contributed by atoms with Gasteiger partial charge in [0.2, 0.25) is 0 Å². The minimum atomic E-state index is -0.371. The minimum absolute atomic E-state index is 0.371. The lowest BCUT2D eigenvalue weighted by molar-refractivity contribution is 0.0606. The predicted molar refractivity (Wildman–Crippen MR) is 58.8 cm³/mol. The normalized spacial score (nSPS) is 9.00. The smallest absolute Gasteiger partial charge is 0.349 e. The maximum atomic E-state index is 11.0. The molecular weight excluding hydrogens is 218 g/mol. The third-order valence-corrected chi connectivity index (χ3v) is 2.44. The van der Waals surface area contributed by atoms with Crippen molar-refractivity contribution in [1.29, 1.82) is 0 Å².